The predicted molar refractivity (Wildman–Crippen MR) is 99.8 cm³/mol. The number of amides is 2. The van der Waals surface area contributed by atoms with E-state index in [2.05, 4.69) is 33.5 Å². The summed E-state index contributed by atoms with van der Waals surface area (Å²) >= 11 is 3.42. The lowest BCUT2D eigenvalue weighted by Gasteiger charge is -2.17. The van der Waals surface area contributed by atoms with E-state index in [9.17, 15) is 9.59 Å². The molecule has 4 nitrogen and oxygen atoms in total. The van der Waals surface area contributed by atoms with Crippen LogP contribution in [0.3, 0.4) is 0 Å². The lowest BCUT2D eigenvalue weighted by Crippen LogP contribution is -2.29. The van der Waals surface area contributed by atoms with Gasteiger partial charge in [-0.1, -0.05) is 47.1 Å². The maximum Gasteiger partial charge on any atom is 0.224 e. The van der Waals surface area contributed by atoms with Crippen LogP contribution in [0.1, 0.15) is 37.4 Å². The highest BCUT2D eigenvalue weighted by molar-refractivity contribution is 9.10. The van der Waals surface area contributed by atoms with Crippen LogP contribution in [0, 0.1) is 0 Å². The fraction of sp³-hybridized carbons (Fsp3) is 0.263. The van der Waals surface area contributed by atoms with Crippen molar-refractivity contribution in [3.05, 3.63) is 64.1 Å². The van der Waals surface area contributed by atoms with Gasteiger partial charge in [-0.2, -0.15) is 0 Å². The molecule has 0 radical (unpaired) electrons. The minimum absolute atomic E-state index is 0.00394. The molecule has 5 heteroatoms. The largest absolute Gasteiger partial charge is 0.349 e. The third kappa shape index (κ3) is 5.49. The maximum atomic E-state index is 12.3. The van der Waals surface area contributed by atoms with Gasteiger partial charge in [0.05, 0.1) is 12.5 Å². The van der Waals surface area contributed by atoms with Crippen molar-refractivity contribution in [2.75, 3.05) is 5.32 Å². The number of hydrogen-bond acceptors (Lipinski definition) is 2. The first kappa shape index (κ1) is 18.2. The highest BCUT2D eigenvalue weighted by atomic mass is 79.9. The van der Waals surface area contributed by atoms with Gasteiger partial charge in [0.2, 0.25) is 11.8 Å². The first-order valence-electron chi connectivity index (χ1n) is 7.89. The van der Waals surface area contributed by atoms with E-state index in [0.717, 1.165) is 27.7 Å². The molecule has 0 aliphatic carbocycles. The first-order chi connectivity index (χ1) is 11.5. The molecule has 2 rings (SSSR count). The van der Waals surface area contributed by atoms with Crippen molar-refractivity contribution in [2.24, 2.45) is 0 Å². The molecule has 0 spiro atoms. The molecule has 2 aromatic rings. The van der Waals surface area contributed by atoms with E-state index in [1.165, 1.54) is 6.92 Å². The summed E-state index contributed by atoms with van der Waals surface area (Å²) in [6.45, 7) is 3.52. The van der Waals surface area contributed by atoms with Crippen molar-refractivity contribution in [1.82, 2.24) is 5.32 Å². The van der Waals surface area contributed by atoms with Crippen LogP contribution >= 0.6 is 15.9 Å². The summed E-state index contributed by atoms with van der Waals surface area (Å²) < 4.78 is 1.02. The minimum Gasteiger partial charge on any atom is -0.349 e. The van der Waals surface area contributed by atoms with Crippen molar-refractivity contribution in [1.29, 1.82) is 0 Å². The van der Waals surface area contributed by atoms with Crippen LogP contribution in [0.15, 0.2) is 53.0 Å². The van der Waals surface area contributed by atoms with Gasteiger partial charge in [-0.05, 0) is 41.8 Å². The van der Waals surface area contributed by atoms with Crippen molar-refractivity contribution >= 4 is 33.4 Å². The van der Waals surface area contributed by atoms with Gasteiger partial charge in [0, 0.05) is 17.1 Å². The van der Waals surface area contributed by atoms with Crippen LogP contribution in [-0.2, 0) is 16.0 Å². The molecule has 0 aromatic heterocycles. The normalized spacial score (nSPS) is 11.6. The van der Waals surface area contributed by atoms with Gasteiger partial charge >= 0.3 is 0 Å². The van der Waals surface area contributed by atoms with Gasteiger partial charge < -0.3 is 10.6 Å². The molecule has 24 heavy (non-hydrogen) atoms. The smallest absolute Gasteiger partial charge is 0.224 e. The molecule has 2 N–H and O–H groups in total. The number of halogens is 1. The summed E-state index contributed by atoms with van der Waals surface area (Å²) in [6.07, 6.45) is 1.14. The third-order valence-electron chi connectivity index (χ3n) is 3.65. The summed E-state index contributed by atoms with van der Waals surface area (Å²) in [7, 11) is 0. The molecular weight excluding hydrogens is 368 g/mol. The molecule has 0 saturated heterocycles. The third-order valence-corrected chi connectivity index (χ3v) is 4.18. The lowest BCUT2D eigenvalue weighted by molar-refractivity contribution is -0.121. The Kier molecular flexibility index (Phi) is 6.55. The molecule has 0 aliphatic heterocycles. The topological polar surface area (TPSA) is 58.2 Å². The van der Waals surface area contributed by atoms with Crippen LogP contribution < -0.4 is 10.6 Å². The number of hydrogen-bond donors (Lipinski definition) is 2. The lowest BCUT2D eigenvalue weighted by atomic mass is 10.0. The van der Waals surface area contributed by atoms with E-state index in [4.69, 9.17) is 0 Å². The van der Waals surface area contributed by atoms with Crippen LogP contribution in [0.5, 0.6) is 0 Å². The number of carbonyl (C=O) groups excluding carboxylic acids is 2. The molecule has 126 valence electrons. The SMILES string of the molecule is CCC(NC(=O)Cc1ccc(NC(C)=O)cc1)c1ccc(Br)cc1. The zero-order chi connectivity index (χ0) is 17.5. The van der Waals surface area contributed by atoms with Crippen LogP contribution in [-0.4, -0.2) is 11.8 Å². The summed E-state index contributed by atoms with van der Waals surface area (Å²) in [6, 6.07) is 15.3. The maximum absolute atomic E-state index is 12.3. The van der Waals surface area contributed by atoms with Gasteiger partial charge in [0.15, 0.2) is 0 Å². The standard InChI is InChI=1S/C19H21BrN2O2/c1-3-18(15-6-8-16(20)9-7-15)22-19(24)12-14-4-10-17(11-5-14)21-13(2)23/h4-11,18H,3,12H2,1-2H3,(H,21,23)(H,22,24). The summed E-state index contributed by atoms with van der Waals surface area (Å²) in [5, 5.41) is 5.78. The Hall–Kier alpha value is -2.14. The zero-order valence-electron chi connectivity index (χ0n) is 13.8. The highest BCUT2D eigenvalue weighted by Gasteiger charge is 2.13. The number of benzene rings is 2. The van der Waals surface area contributed by atoms with Gasteiger partial charge in [0.25, 0.3) is 0 Å². The Morgan fingerprint density at radius 3 is 2.21 bits per heavy atom. The number of rotatable bonds is 6. The van der Waals surface area contributed by atoms with E-state index in [-0.39, 0.29) is 17.9 Å². The van der Waals surface area contributed by atoms with Crippen molar-refractivity contribution in [3.63, 3.8) is 0 Å². The van der Waals surface area contributed by atoms with Crippen molar-refractivity contribution in [3.8, 4) is 0 Å². The Labute approximate surface area is 150 Å². The number of nitrogens with one attached hydrogen (secondary N) is 2. The van der Waals surface area contributed by atoms with E-state index in [1.54, 1.807) is 12.1 Å². The fourth-order valence-corrected chi connectivity index (χ4v) is 2.72. The molecule has 1 atom stereocenters. The molecule has 0 aliphatic rings. The Bertz CT molecular complexity index is 696. The molecule has 0 saturated carbocycles. The average molecular weight is 389 g/mol. The fourth-order valence-electron chi connectivity index (χ4n) is 2.46. The Morgan fingerprint density at radius 2 is 1.67 bits per heavy atom. The van der Waals surface area contributed by atoms with Crippen LogP contribution in [0.25, 0.3) is 0 Å². The van der Waals surface area contributed by atoms with Crippen LogP contribution in [0.4, 0.5) is 5.69 Å². The molecule has 0 bridgehead atoms. The van der Waals surface area contributed by atoms with Gasteiger partial charge in [-0.3, -0.25) is 9.59 Å². The van der Waals surface area contributed by atoms with E-state index < -0.39 is 0 Å². The second-order valence-electron chi connectivity index (χ2n) is 5.63. The quantitative estimate of drug-likeness (QED) is 0.777. The molecule has 1 unspecified atom stereocenters. The molecule has 0 heterocycles. The minimum atomic E-state index is -0.110. The summed E-state index contributed by atoms with van der Waals surface area (Å²) in [5.74, 6) is -0.127. The van der Waals surface area contributed by atoms with Gasteiger partial charge in [0.1, 0.15) is 0 Å². The molecule has 2 amide bonds. The summed E-state index contributed by atoms with van der Waals surface area (Å²) in [5.41, 5.74) is 2.73. The highest BCUT2D eigenvalue weighted by Crippen LogP contribution is 2.19. The molecular formula is C19H21BrN2O2. The monoisotopic (exact) mass is 388 g/mol. The number of anilines is 1. The second kappa shape index (κ2) is 8.64. The van der Waals surface area contributed by atoms with Crippen molar-refractivity contribution in [2.45, 2.75) is 32.7 Å². The van der Waals surface area contributed by atoms with E-state index in [0.29, 0.717) is 6.42 Å². The average Bonchev–Trinajstić information content (AvgIpc) is 2.55. The zero-order valence-corrected chi connectivity index (χ0v) is 15.4. The molecule has 2 aromatic carbocycles. The van der Waals surface area contributed by atoms with Gasteiger partial charge in [-0.25, -0.2) is 0 Å². The Morgan fingerprint density at radius 1 is 1.04 bits per heavy atom. The van der Waals surface area contributed by atoms with Crippen molar-refractivity contribution < 1.29 is 9.59 Å². The van der Waals surface area contributed by atoms with E-state index >= 15 is 0 Å². The Balaban J connectivity index is 1.96. The first-order valence-corrected chi connectivity index (χ1v) is 8.68. The number of carbonyl (C=O) groups is 2. The molecule has 0 fully saturated rings. The van der Waals surface area contributed by atoms with Gasteiger partial charge in [-0.15, -0.1) is 0 Å². The van der Waals surface area contributed by atoms with Crippen LogP contribution in [0.2, 0.25) is 0 Å². The predicted octanol–water partition coefficient (Wildman–Crippen LogP) is 4.22. The second-order valence-corrected chi connectivity index (χ2v) is 6.55. The summed E-state index contributed by atoms with van der Waals surface area (Å²) in [4.78, 5) is 23.3. The van der Waals surface area contributed by atoms with E-state index in [1.807, 2.05) is 36.4 Å².